The minimum Gasteiger partial charge on any atom is -0.445 e. The molecule has 142 valence electrons. The zero-order valence-electron chi connectivity index (χ0n) is 14.8. The minimum atomic E-state index is -2.47. The molecule has 1 unspecified atom stereocenters. The maximum absolute atomic E-state index is 14.9. The predicted octanol–water partition coefficient (Wildman–Crippen LogP) is 3.15. The highest BCUT2D eigenvalue weighted by Gasteiger charge is 2.44. The number of amides is 2. The first-order chi connectivity index (χ1) is 12.9. The highest BCUT2D eigenvalue weighted by atomic mass is 19.1. The number of hydrogen-bond donors (Lipinski definition) is 1. The van der Waals surface area contributed by atoms with Gasteiger partial charge in [-0.3, -0.25) is 4.79 Å². The van der Waals surface area contributed by atoms with Gasteiger partial charge in [-0.25, -0.2) is 13.6 Å². The molecule has 2 amide bonds. The molecule has 7 heteroatoms. The maximum Gasteiger partial charge on any atom is 0.407 e. The molecule has 1 saturated heterocycles. The summed E-state index contributed by atoms with van der Waals surface area (Å²) in [5, 5.41) is 2.62. The lowest BCUT2D eigenvalue weighted by Crippen LogP contribution is -2.63. The van der Waals surface area contributed by atoms with Crippen molar-refractivity contribution in [1.29, 1.82) is 0 Å². The number of carbonyl (C=O) groups is 2. The second-order valence-corrected chi connectivity index (χ2v) is 6.60. The van der Waals surface area contributed by atoms with Crippen LogP contribution in [0.4, 0.5) is 13.6 Å². The van der Waals surface area contributed by atoms with E-state index in [1.807, 2.05) is 30.3 Å². The lowest BCUT2D eigenvalue weighted by Gasteiger charge is -2.41. The number of benzene rings is 2. The molecule has 1 fully saturated rings. The van der Waals surface area contributed by atoms with E-state index in [2.05, 4.69) is 5.32 Å². The van der Waals surface area contributed by atoms with Gasteiger partial charge in [-0.05, 0) is 18.6 Å². The molecule has 0 saturated carbocycles. The highest BCUT2D eigenvalue weighted by Crippen LogP contribution is 2.31. The SMILES string of the molecule is CC(F)(C(=O)N1CC(NC(=O)OCc2ccccc2)C1)c1ccccc1F. The van der Waals surface area contributed by atoms with Gasteiger partial charge in [-0.1, -0.05) is 48.5 Å². The van der Waals surface area contributed by atoms with Crippen LogP contribution in [0, 0.1) is 5.82 Å². The van der Waals surface area contributed by atoms with E-state index in [-0.39, 0.29) is 31.3 Å². The van der Waals surface area contributed by atoms with Crippen LogP contribution in [0.2, 0.25) is 0 Å². The lowest BCUT2D eigenvalue weighted by atomic mass is 9.93. The Kier molecular flexibility index (Phi) is 5.39. The molecule has 1 aliphatic rings. The second kappa shape index (κ2) is 7.73. The topological polar surface area (TPSA) is 58.6 Å². The molecule has 2 aromatic carbocycles. The van der Waals surface area contributed by atoms with Crippen molar-refractivity contribution < 1.29 is 23.1 Å². The molecule has 5 nitrogen and oxygen atoms in total. The number of ether oxygens (including phenoxy) is 1. The first-order valence-electron chi connectivity index (χ1n) is 8.58. The fourth-order valence-corrected chi connectivity index (χ4v) is 2.92. The third-order valence-corrected chi connectivity index (χ3v) is 4.48. The van der Waals surface area contributed by atoms with E-state index in [1.54, 1.807) is 0 Å². The summed E-state index contributed by atoms with van der Waals surface area (Å²) in [6, 6.07) is 14.2. The number of nitrogens with one attached hydrogen (secondary N) is 1. The number of alkyl carbamates (subject to hydrolysis) is 1. The third kappa shape index (κ3) is 4.24. The molecule has 1 aliphatic heterocycles. The van der Waals surface area contributed by atoms with E-state index in [9.17, 15) is 18.4 Å². The Morgan fingerprint density at radius 1 is 1.15 bits per heavy atom. The third-order valence-electron chi connectivity index (χ3n) is 4.48. The molecule has 2 aromatic rings. The average Bonchev–Trinajstić information content (AvgIpc) is 2.63. The Morgan fingerprint density at radius 2 is 1.78 bits per heavy atom. The molecule has 1 atom stereocenters. The van der Waals surface area contributed by atoms with Crippen LogP contribution in [0.15, 0.2) is 54.6 Å². The van der Waals surface area contributed by atoms with Crippen LogP contribution in [-0.2, 0) is 21.8 Å². The Bertz CT molecular complexity index is 821. The minimum absolute atomic E-state index is 0.137. The van der Waals surface area contributed by atoms with Crippen molar-refractivity contribution in [3.63, 3.8) is 0 Å². The number of carbonyl (C=O) groups excluding carboxylic acids is 2. The van der Waals surface area contributed by atoms with E-state index in [1.165, 1.54) is 23.1 Å². The number of alkyl halides is 1. The summed E-state index contributed by atoms with van der Waals surface area (Å²) in [7, 11) is 0. The highest BCUT2D eigenvalue weighted by molar-refractivity contribution is 5.87. The Morgan fingerprint density at radius 3 is 2.44 bits per heavy atom. The van der Waals surface area contributed by atoms with Crippen molar-refractivity contribution in [3.05, 3.63) is 71.5 Å². The molecular formula is C20H20F2N2O3. The smallest absolute Gasteiger partial charge is 0.407 e. The van der Waals surface area contributed by atoms with Gasteiger partial charge in [0, 0.05) is 18.7 Å². The van der Waals surface area contributed by atoms with Gasteiger partial charge < -0.3 is 15.0 Å². The predicted molar refractivity (Wildman–Crippen MR) is 95.0 cm³/mol. The van der Waals surface area contributed by atoms with Gasteiger partial charge in [0.2, 0.25) is 5.67 Å². The summed E-state index contributed by atoms with van der Waals surface area (Å²) in [5.41, 5.74) is -1.91. The quantitative estimate of drug-likeness (QED) is 0.875. The number of halogens is 2. The molecule has 3 rings (SSSR count). The summed E-state index contributed by atoms with van der Waals surface area (Å²) in [6.07, 6.45) is -0.604. The molecule has 0 aliphatic carbocycles. The molecule has 0 aromatic heterocycles. The van der Waals surface area contributed by atoms with Crippen molar-refractivity contribution in [3.8, 4) is 0 Å². The van der Waals surface area contributed by atoms with Crippen LogP contribution in [0.5, 0.6) is 0 Å². The van der Waals surface area contributed by atoms with Gasteiger partial charge in [-0.2, -0.15) is 0 Å². The second-order valence-electron chi connectivity index (χ2n) is 6.60. The summed E-state index contributed by atoms with van der Waals surface area (Å²) < 4.78 is 33.8. The normalized spacial score (nSPS) is 16.2. The van der Waals surface area contributed by atoms with Crippen LogP contribution >= 0.6 is 0 Å². The maximum atomic E-state index is 14.9. The standard InChI is InChI=1S/C20H20F2N2O3/c1-20(22,16-9-5-6-10-17(16)21)18(25)24-11-15(12-24)23-19(26)27-13-14-7-3-2-4-8-14/h2-10,15H,11-13H2,1H3,(H,23,26). The van der Waals surface area contributed by atoms with Crippen molar-refractivity contribution in [2.24, 2.45) is 0 Å². The Labute approximate surface area is 155 Å². The molecule has 1 heterocycles. The number of rotatable bonds is 5. The average molecular weight is 374 g/mol. The summed E-state index contributed by atoms with van der Waals surface area (Å²) in [6.45, 7) is 1.47. The molecular weight excluding hydrogens is 354 g/mol. The van der Waals surface area contributed by atoms with E-state index in [0.717, 1.165) is 18.6 Å². The van der Waals surface area contributed by atoms with Crippen molar-refractivity contribution >= 4 is 12.0 Å². The largest absolute Gasteiger partial charge is 0.445 e. The fraction of sp³-hybridized carbons (Fsp3) is 0.300. The van der Waals surface area contributed by atoms with E-state index in [4.69, 9.17) is 4.74 Å². The van der Waals surface area contributed by atoms with Gasteiger partial charge in [0.1, 0.15) is 12.4 Å². The van der Waals surface area contributed by atoms with Crippen molar-refractivity contribution in [2.75, 3.05) is 13.1 Å². The zero-order chi connectivity index (χ0) is 19.4. The summed E-state index contributed by atoms with van der Waals surface area (Å²) in [5.74, 6) is -1.60. The molecule has 1 N–H and O–H groups in total. The summed E-state index contributed by atoms with van der Waals surface area (Å²) >= 11 is 0. The lowest BCUT2D eigenvalue weighted by molar-refractivity contribution is -0.148. The van der Waals surface area contributed by atoms with Gasteiger partial charge in [0.15, 0.2) is 0 Å². The fourth-order valence-electron chi connectivity index (χ4n) is 2.92. The zero-order valence-corrected chi connectivity index (χ0v) is 14.8. The van der Waals surface area contributed by atoms with Crippen molar-refractivity contribution in [2.45, 2.75) is 25.2 Å². The first-order valence-corrected chi connectivity index (χ1v) is 8.58. The summed E-state index contributed by atoms with van der Waals surface area (Å²) in [4.78, 5) is 25.4. The van der Waals surface area contributed by atoms with Crippen LogP contribution in [0.3, 0.4) is 0 Å². The van der Waals surface area contributed by atoms with E-state index in [0.29, 0.717) is 0 Å². The van der Waals surface area contributed by atoms with Crippen molar-refractivity contribution in [1.82, 2.24) is 10.2 Å². The first kappa shape index (κ1) is 18.8. The van der Waals surface area contributed by atoms with E-state index < -0.39 is 23.5 Å². The Balaban J connectivity index is 1.48. The van der Waals surface area contributed by atoms with Crippen LogP contribution < -0.4 is 5.32 Å². The van der Waals surface area contributed by atoms with Gasteiger partial charge in [0.25, 0.3) is 5.91 Å². The monoisotopic (exact) mass is 374 g/mol. The molecule has 0 bridgehead atoms. The molecule has 0 radical (unpaired) electrons. The van der Waals surface area contributed by atoms with Crippen LogP contribution in [0.1, 0.15) is 18.1 Å². The van der Waals surface area contributed by atoms with Crippen LogP contribution in [0.25, 0.3) is 0 Å². The van der Waals surface area contributed by atoms with Gasteiger partial charge >= 0.3 is 6.09 Å². The van der Waals surface area contributed by atoms with Gasteiger partial charge in [-0.15, -0.1) is 0 Å². The van der Waals surface area contributed by atoms with E-state index >= 15 is 0 Å². The number of nitrogens with zero attached hydrogens (tertiary/aromatic N) is 1. The Hall–Kier alpha value is -2.96. The van der Waals surface area contributed by atoms with Gasteiger partial charge in [0.05, 0.1) is 6.04 Å². The van der Waals surface area contributed by atoms with Crippen LogP contribution in [-0.4, -0.2) is 36.0 Å². The number of hydrogen-bond acceptors (Lipinski definition) is 3. The molecule has 27 heavy (non-hydrogen) atoms. The molecule has 0 spiro atoms. The number of likely N-dealkylation sites (tertiary alicyclic amines) is 1.